The van der Waals surface area contributed by atoms with Crippen LogP contribution >= 0.6 is 0 Å². The van der Waals surface area contributed by atoms with Crippen molar-refractivity contribution in [2.75, 3.05) is 7.11 Å². The van der Waals surface area contributed by atoms with Crippen molar-refractivity contribution in [3.63, 3.8) is 0 Å². The molecule has 1 fully saturated rings. The molecule has 1 aromatic carbocycles. The summed E-state index contributed by atoms with van der Waals surface area (Å²) in [5.74, 6) is 1.24. The maximum absolute atomic E-state index is 11.7. The van der Waals surface area contributed by atoms with Gasteiger partial charge in [0.05, 0.1) is 18.9 Å². The van der Waals surface area contributed by atoms with Gasteiger partial charge in [0.2, 0.25) is 0 Å². The molecule has 0 unspecified atom stereocenters. The van der Waals surface area contributed by atoms with E-state index in [-0.39, 0.29) is 12.0 Å². The standard InChI is InChI=1S/C17H20N2O3/c1-11-14(17(20)19-18-11)9-12-7-8-15(21-2)16(10-12)22-13-5-3-4-6-13/h7-8,10,13H,3-6,9H2,1-2H3. The Kier molecular flexibility index (Phi) is 4.22. The zero-order chi connectivity index (χ0) is 15.5. The summed E-state index contributed by atoms with van der Waals surface area (Å²) in [5, 5.41) is 7.42. The molecule has 1 saturated carbocycles. The van der Waals surface area contributed by atoms with Gasteiger partial charge in [-0.1, -0.05) is 6.07 Å². The van der Waals surface area contributed by atoms with Crippen LogP contribution in [0.4, 0.5) is 0 Å². The highest BCUT2D eigenvalue weighted by Crippen LogP contribution is 2.33. The van der Waals surface area contributed by atoms with Gasteiger partial charge in [-0.2, -0.15) is 5.11 Å². The maximum atomic E-state index is 11.7. The lowest BCUT2D eigenvalue weighted by atomic mass is 10.0. The molecule has 1 aliphatic carbocycles. The average Bonchev–Trinajstić information content (AvgIpc) is 3.13. The number of methoxy groups -OCH3 is 1. The molecule has 22 heavy (non-hydrogen) atoms. The fraction of sp³-hybridized carbons (Fsp3) is 0.471. The number of hydrogen-bond donors (Lipinski definition) is 0. The molecule has 1 amide bonds. The number of amides is 1. The molecule has 1 aromatic rings. The van der Waals surface area contributed by atoms with Crippen LogP contribution in [0.5, 0.6) is 11.5 Å². The number of nitrogens with zero attached hydrogens (tertiary/aromatic N) is 2. The summed E-state index contributed by atoms with van der Waals surface area (Å²) < 4.78 is 11.5. The summed E-state index contributed by atoms with van der Waals surface area (Å²) in [6.07, 6.45) is 5.40. The van der Waals surface area contributed by atoms with Crippen LogP contribution in [0, 0.1) is 0 Å². The van der Waals surface area contributed by atoms with Crippen LogP contribution in [-0.2, 0) is 11.2 Å². The monoisotopic (exact) mass is 300 g/mol. The van der Waals surface area contributed by atoms with E-state index in [0.29, 0.717) is 17.7 Å². The van der Waals surface area contributed by atoms with Gasteiger partial charge in [-0.15, -0.1) is 5.11 Å². The molecule has 5 nitrogen and oxygen atoms in total. The van der Waals surface area contributed by atoms with E-state index in [1.54, 1.807) is 7.11 Å². The van der Waals surface area contributed by atoms with Crippen molar-refractivity contribution in [2.45, 2.75) is 45.1 Å². The van der Waals surface area contributed by atoms with Gasteiger partial charge >= 0.3 is 0 Å². The van der Waals surface area contributed by atoms with Gasteiger partial charge in [0.25, 0.3) is 5.91 Å². The lowest BCUT2D eigenvalue weighted by molar-refractivity contribution is -0.114. The minimum absolute atomic E-state index is 0.244. The Morgan fingerprint density at radius 2 is 1.95 bits per heavy atom. The first-order valence-corrected chi connectivity index (χ1v) is 7.67. The first kappa shape index (κ1) is 14.8. The van der Waals surface area contributed by atoms with Crippen molar-refractivity contribution >= 4 is 5.91 Å². The molecule has 0 saturated heterocycles. The molecule has 116 valence electrons. The highest BCUT2D eigenvalue weighted by molar-refractivity contribution is 5.96. The maximum Gasteiger partial charge on any atom is 0.293 e. The molecule has 0 radical (unpaired) electrons. The summed E-state index contributed by atoms with van der Waals surface area (Å²) in [4.78, 5) is 11.7. The average molecular weight is 300 g/mol. The summed E-state index contributed by atoms with van der Waals surface area (Å²) in [6.45, 7) is 1.81. The largest absolute Gasteiger partial charge is 0.493 e. The highest BCUT2D eigenvalue weighted by atomic mass is 16.5. The number of azo groups is 1. The van der Waals surface area contributed by atoms with E-state index in [0.717, 1.165) is 29.9 Å². The third-order valence-corrected chi connectivity index (χ3v) is 4.19. The number of rotatable bonds is 5. The molecule has 1 heterocycles. The minimum atomic E-state index is -0.244. The molecule has 5 heteroatoms. The molecule has 3 rings (SSSR count). The lowest BCUT2D eigenvalue weighted by Crippen LogP contribution is -2.12. The van der Waals surface area contributed by atoms with Gasteiger partial charge in [0, 0.05) is 12.0 Å². The quantitative estimate of drug-likeness (QED) is 0.830. The fourth-order valence-corrected chi connectivity index (χ4v) is 2.91. The number of carbonyl (C=O) groups is 1. The smallest absolute Gasteiger partial charge is 0.293 e. The molecule has 0 aromatic heterocycles. The van der Waals surface area contributed by atoms with Crippen LogP contribution < -0.4 is 9.47 Å². The lowest BCUT2D eigenvalue weighted by Gasteiger charge is -2.17. The van der Waals surface area contributed by atoms with Crippen molar-refractivity contribution in [1.29, 1.82) is 0 Å². The molecule has 0 atom stereocenters. The first-order valence-electron chi connectivity index (χ1n) is 7.67. The van der Waals surface area contributed by atoms with E-state index in [1.165, 1.54) is 12.8 Å². The second kappa shape index (κ2) is 6.30. The number of hydrogen-bond acceptors (Lipinski definition) is 4. The van der Waals surface area contributed by atoms with Crippen molar-refractivity contribution < 1.29 is 14.3 Å². The van der Waals surface area contributed by atoms with Crippen LogP contribution in [0.1, 0.15) is 38.2 Å². The van der Waals surface area contributed by atoms with Crippen LogP contribution in [-0.4, -0.2) is 19.1 Å². The predicted molar refractivity (Wildman–Crippen MR) is 82.1 cm³/mol. The Bertz CT molecular complexity index is 643. The summed E-state index contributed by atoms with van der Waals surface area (Å²) in [6, 6.07) is 5.80. The minimum Gasteiger partial charge on any atom is -0.493 e. The van der Waals surface area contributed by atoms with Crippen molar-refractivity contribution in [3.8, 4) is 11.5 Å². The van der Waals surface area contributed by atoms with Gasteiger partial charge in [0.1, 0.15) is 0 Å². The van der Waals surface area contributed by atoms with Crippen LogP contribution in [0.15, 0.2) is 39.7 Å². The number of benzene rings is 1. The predicted octanol–water partition coefficient (Wildman–Crippen LogP) is 3.83. The molecule has 2 aliphatic rings. The topological polar surface area (TPSA) is 60.2 Å². The van der Waals surface area contributed by atoms with Crippen LogP contribution in [0.2, 0.25) is 0 Å². The van der Waals surface area contributed by atoms with E-state index >= 15 is 0 Å². The zero-order valence-electron chi connectivity index (χ0n) is 13.0. The Morgan fingerprint density at radius 1 is 1.18 bits per heavy atom. The Morgan fingerprint density at radius 3 is 2.59 bits per heavy atom. The van der Waals surface area contributed by atoms with E-state index in [2.05, 4.69) is 10.2 Å². The zero-order valence-corrected chi connectivity index (χ0v) is 13.0. The third kappa shape index (κ3) is 3.03. The summed E-state index contributed by atoms with van der Waals surface area (Å²) in [7, 11) is 1.64. The molecule has 1 aliphatic heterocycles. The van der Waals surface area contributed by atoms with Crippen molar-refractivity contribution in [2.24, 2.45) is 10.2 Å². The Hall–Kier alpha value is -2.17. The number of allylic oxidation sites excluding steroid dienone is 1. The second-order valence-electron chi connectivity index (χ2n) is 5.76. The Balaban J connectivity index is 1.80. The summed E-state index contributed by atoms with van der Waals surface area (Å²) >= 11 is 0. The molecule has 0 bridgehead atoms. The first-order chi connectivity index (χ1) is 10.7. The molecule has 0 N–H and O–H groups in total. The van der Waals surface area contributed by atoms with Gasteiger partial charge in [-0.3, -0.25) is 4.79 Å². The van der Waals surface area contributed by atoms with Gasteiger partial charge in [0.15, 0.2) is 11.5 Å². The molecular formula is C17H20N2O3. The van der Waals surface area contributed by atoms with Crippen molar-refractivity contribution in [1.82, 2.24) is 0 Å². The van der Waals surface area contributed by atoms with Gasteiger partial charge in [-0.05, 0) is 50.3 Å². The van der Waals surface area contributed by atoms with E-state index in [4.69, 9.17) is 9.47 Å². The van der Waals surface area contributed by atoms with E-state index in [9.17, 15) is 4.79 Å². The van der Waals surface area contributed by atoms with E-state index < -0.39 is 0 Å². The Labute approximate surface area is 130 Å². The second-order valence-corrected chi connectivity index (χ2v) is 5.76. The summed E-state index contributed by atoms with van der Waals surface area (Å²) in [5.41, 5.74) is 2.35. The normalized spacial score (nSPS) is 18.4. The molecular weight excluding hydrogens is 280 g/mol. The van der Waals surface area contributed by atoms with Crippen LogP contribution in [0.3, 0.4) is 0 Å². The van der Waals surface area contributed by atoms with Crippen molar-refractivity contribution in [3.05, 3.63) is 35.0 Å². The highest BCUT2D eigenvalue weighted by Gasteiger charge is 2.21. The van der Waals surface area contributed by atoms with E-state index in [1.807, 2.05) is 25.1 Å². The SMILES string of the molecule is COc1ccc(CC2=C(C)N=NC2=O)cc1OC1CCCC1. The van der Waals surface area contributed by atoms with Crippen LogP contribution in [0.25, 0.3) is 0 Å². The number of ether oxygens (including phenoxy) is 2. The number of carbonyl (C=O) groups excluding carboxylic acids is 1. The fourth-order valence-electron chi connectivity index (χ4n) is 2.91. The third-order valence-electron chi connectivity index (χ3n) is 4.19. The molecule has 0 spiro atoms. The van der Waals surface area contributed by atoms with Gasteiger partial charge in [-0.25, -0.2) is 0 Å². The van der Waals surface area contributed by atoms with Gasteiger partial charge < -0.3 is 9.47 Å².